The second kappa shape index (κ2) is 7.86. The van der Waals surface area contributed by atoms with Crippen LogP contribution in [0.5, 0.6) is 0 Å². The van der Waals surface area contributed by atoms with Crippen LogP contribution in [0.1, 0.15) is 11.1 Å². The van der Waals surface area contributed by atoms with Crippen molar-refractivity contribution in [1.29, 1.82) is 0 Å². The van der Waals surface area contributed by atoms with Gasteiger partial charge < -0.3 is 0 Å². The monoisotopic (exact) mass is 533 g/mol. The molecule has 0 bridgehead atoms. The van der Waals surface area contributed by atoms with Crippen LogP contribution >= 0.6 is 15.9 Å². The highest BCUT2D eigenvalue weighted by atomic mass is 79.9. The Balaban J connectivity index is 1.46. The SMILES string of the molecule is Brc1cccc(-c2cccc(C3=c4c(ccc5c6c(ccc45)-c4ccccc4N=6)-c4ccccc43)c2)c1. The van der Waals surface area contributed by atoms with Crippen molar-refractivity contribution in [3.8, 4) is 33.4 Å². The number of para-hydroxylation sites is 1. The van der Waals surface area contributed by atoms with Crippen LogP contribution in [-0.2, 0) is 0 Å². The Morgan fingerprint density at radius 2 is 1.14 bits per heavy atom. The molecule has 1 aliphatic carbocycles. The topological polar surface area (TPSA) is 12.4 Å². The summed E-state index contributed by atoms with van der Waals surface area (Å²) in [6.07, 6.45) is 0. The fraction of sp³-hybridized carbons (Fsp3) is 0. The summed E-state index contributed by atoms with van der Waals surface area (Å²) in [5.41, 5.74) is 12.3. The third kappa shape index (κ3) is 3.06. The molecular weight excluding hydrogens is 514 g/mol. The molecule has 0 amide bonds. The van der Waals surface area contributed by atoms with Gasteiger partial charge in [0.05, 0.1) is 11.0 Å². The third-order valence-electron chi connectivity index (χ3n) is 7.64. The predicted molar refractivity (Wildman–Crippen MR) is 156 cm³/mol. The van der Waals surface area contributed by atoms with E-state index in [2.05, 4.69) is 137 Å². The van der Waals surface area contributed by atoms with Crippen LogP contribution in [0.4, 0.5) is 5.69 Å². The molecule has 37 heavy (non-hydrogen) atoms. The Kier molecular flexibility index (Phi) is 4.44. The molecule has 8 rings (SSSR count). The zero-order valence-electron chi connectivity index (χ0n) is 19.9. The van der Waals surface area contributed by atoms with E-state index < -0.39 is 0 Å². The minimum atomic E-state index is 1.06. The van der Waals surface area contributed by atoms with E-state index in [-0.39, 0.29) is 0 Å². The summed E-state index contributed by atoms with van der Waals surface area (Å²) >= 11 is 3.64. The highest BCUT2D eigenvalue weighted by Gasteiger charge is 2.24. The van der Waals surface area contributed by atoms with Crippen molar-refractivity contribution in [3.05, 3.63) is 148 Å². The van der Waals surface area contributed by atoms with Crippen molar-refractivity contribution in [2.75, 3.05) is 0 Å². The van der Waals surface area contributed by atoms with E-state index in [1.54, 1.807) is 0 Å². The Hall–Kier alpha value is -4.27. The van der Waals surface area contributed by atoms with E-state index >= 15 is 0 Å². The number of nitrogens with zero attached hydrogens (tertiary/aromatic N) is 1. The second-order valence-electron chi connectivity index (χ2n) is 9.69. The van der Waals surface area contributed by atoms with Crippen LogP contribution in [-0.4, -0.2) is 0 Å². The molecular formula is C35H20BrN. The molecule has 0 saturated carbocycles. The normalized spacial score (nSPS) is 12.6. The first-order chi connectivity index (χ1) is 18.3. The van der Waals surface area contributed by atoms with Crippen molar-refractivity contribution >= 4 is 38.0 Å². The molecule has 1 heterocycles. The molecule has 1 nitrogen and oxygen atoms in total. The lowest BCUT2D eigenvalue weighted by molar-refractivity contribution is 1.45. The lowest BCUT2D eigenvalue weighted by Crippen LogP contribution is -2.13. The molecule has 0 N–H and O–H groups in total. The molecule has 6 aromatic rings. The third-order valence-corrected chi connectivity index (χ3v) is 8.14. The maximum atomic E-state index is 5.06. The number of hydrogen-bond donors (Lipinski definition) is 0. The fourth-order valence-corrected chi connectivity index (χ4v) is 6.43. The molecule has 172 valence electrons. The van der Waals surface area contributed by atoms with Crippen molar-refractivity contribution < 1.29 is 0 Å². The number of rotatable bonds is 2. The average molecular weight is 534 g/mol. The van der Waals surface area contributed by atoms with Crippen molar-refractivity contribution in [3.63, 3.8) is 0 Å². The van der Waals surface area contributed by atoms with Crippen LogP contribution < -0.4 is 10.6 Å². The number of hydrogen-bond acceptors (Lipinski definition) is 1. The smallest absolute Gasteiger partial charge is 0.0794 e. The Morgan fingerprint density at radius 1 is 0.459 bits per heavy atom. The van der Waals surface area contributed by atoms with Gasteiger partial charge in [-0.1, -0.05) is 113 Å². The molecule has 6 aromatic carbocycles. The summed E-state index contributed by atoms with van der Waals surface area (Å²) in [5, 5.41) is 4.85. The molecule has 0 radical (unpaired) electrons. The fourth-order valence-electron chi connectivity index (χ4n) is 6.03. The Labute approximate surface area is 223 Å². The first-order valence-corrected chi connectivity index (χ1v) is 13.3. The van der Waals surface area contributed by atoms with E-state index in [1.807, 2.05) is 0 Å². The summed E-state index contributed by atoms with van der Waals surface area (Å²) in [6, 6.07) is 43.8. The van der Waals surface area contributed by atoms with Crippen LogP contribution in [0.25, 0.3) is 49.7 Å². The largest absolute Gasteiger partial charge is 0.247 e. The minimum absolute atomic E-state index is 1.06. The summed E-state index contributed by atoms with van der Waals surface area (Å²) in [7, 11) is 0. The molecule has 1 aliphatic heterocycles. The van der Waals surface area contributed by atoms with E-state index in [1.165, 1.54) is 66.1 Å². The van der Waals surface area contributed by atoms with E-state index in [9.17, 15) is 0 Å². The number of fused-ring (bicyclic) bond motifs is 9. The number of halogens is 1. The van der Waals surface area contributed by atoms with Gasteiger partial charge >= 0.3 is 0 Å². The van der Waals surface area contributed by atoms with E-state index in [0.29, 0.717) is 0 Å². The second-order valence-corrected chi connectivity index (χ2v) is 10.6. The predicted octanol–water partition coefficient (Wildman–Crippen LogP) is 8.43. The van der Waals surface area contributed by atoms with Gasteiger partial charge in [0.1, 0.15) is 0 Å². The quantitative estimate of drug-likeness (QED) is 0.211. The van der Waals surface area contributed by atoms with Gasteiger partial charge in [-0.05, 0) is 73.8 Å². The summed E-state index contributed by atoms with van der Waals surface area (Å²) in [5.74, 6) is 0. The Morgan fingerprint density at radius 3 is 2.00 bits per heavy atom. The van der Waals surface area contributed by atoms with Crippen LogP contribution in [0.2, 0.25) is 0 Å². The van der Waals surface area contributed by atoms with Gasteiger partial charge in [0.25, 0.3) is 0 Å². The first-order valence-electron chi connectivity index (χ1n) is 12.5. The summed E-state index contributed by atoms with van der Waals surface area (Å²) in [6.45, 7) is 0. The van der Waals surface area contributed by atoms with Gasteiger partial charge in [0.15, 0.2) is 0 Å². The summed E-state index contributed by atoms with van der Waals surface area (Å²) in [4.78, 5) is 5.06. The first kappa shape index (κ1) is 20.9. The minimum Gasteiger partial charge on any atom is -0.247 e. The lowest BCUT2D eigenvalue weighted by atomic mass is 9.93. The van der Waals surface area contributed by atoms with E-state index in [0.717, 1.165) is 15.5 Å². The molecule has 0 fully saturated rings. The van der Waals surface area contributed by atoms with Crippen LogP contribution in [0, 0.1) is 0 Å². The molecule has 2 heteroatoms. The van der Waals surface area contributed by atoms with Crippen molar-refractivity contribution in [2.45, 2.75) is 0 Å². The zero-order chi connectivity index (χ0) is 24.5. The molecule has 0 spiro atoms. The van der Waals surface area contributed by atoms with Gasteiger partial charge in [-0.15, -0.1) is 0 Å². The van der Waals surface area contributed by atoms with Crippen LogP contribution in [0.15, 0.2) is 131 Å². The molecule has 0 atom stereocenters. The van der Waals surface area contributed by atoms with Crippen molar-refractivity contribution in [1.82, 2.24) is 0 Å². The average Bonchev–Trinajstić information content (AvgIpc) is 3.49. The highest BCUT2D eigenvalue weighted by Crippen LogP contribution is 2.39. The van der Waals surface area contributed by atoms with Gasteiger partial charge in [-0.3, -0.25) is 0 Å². The Bertz CT molecular complexity index is 2050. The standard InChI is InChI=1S/C35H20BrN/c36-24-10-6-8-22(20-24)21-7-5-9-23(19-21)33-27-13-2-1-11-25(27)28-15-18-31-29(34(28)33)16-17-30-26-12-3-4-14-32(26)37-35(30)31/h1-20H. The maximum Gasteiger partial charge on any atom is 0.0794 e. The molecule has 0 unspecified atom stereocenters. The van der Waals surface area contributed by atoms with Gasteiger partial charge in [-0.2, -0.15) is 0 Å². The molecule has 2 aliphatic rings. The molecule has 0 saturated heterocycles. The highest BCUT2D eigenvalue weighted by molar-refractivity contribution is 9.10. The lowest BCUT2D eigenvalue weighted by Gasteiger charge is -2.10. The molecule has 0 aromatic heterocycles. The van der Waals surface area contributed by atoms with Crippen LogP contribution in [0.3, 0.4) is 0 Å². The van der Waals surface area contributed by atoms with E-state index in [4.69, 9.17) is 4.99 Å². The zero-order valence-corrected chi connectivity index (χ0v) is 21.5. The van der Waals surface area contributed by atoms with Gasteiger partial charge in [-0.25, -0.2) is 4.99 Å². The van der Waals surface area contributed by atoms with Gasteiger partial charge in [0.2, 0.25) is 0 Å². The number of benzene rings is 6. The maximum absolute atomic E-state index is 5.06. The van der Waals surface area contributed by atoms with Gasteiger partial charge in [0, 0.05) is 21.0 Å². The summed E-state index contributed by atoms with van der Waals surface area (Å²) < 4.78 is 1.09. The van der Waals surface area contributed by atoms with Crippen molar-refractivity contribution in [2.24, 2.45) is 4.99 Å².